The van der Waals surface area contributed by atoms with E-state index in [1.165, 1.54) is 54.2 Å². The van der Waals surface area contributed by atoms with E-state index in [0.29, 0.717) is 0 Å². The number of para-hydroxylation sites is 2. The van der Waals surface area contributed by atoms with Crippen molar-refractivity contribution >= 4 is 82.1 Å². The molecule has 0 bridgehead atoms. The van der Waals surface area contributed by atoms with Crippen LogP contribution >= 0.6 is 0 Å². The van der Waals surface area contributed by atoms with Crippen molar-refractivity contribution < 1.29 is 4.42 Å². The van der Waals surface area contributed by atoms with Crippen molar-refractivity contribution in [1.29, 1.82) is 0 Å². The Morgan fingerprint density at radius 2 is 1.00 bits per heavy atom. The summed E-state index contributed by atoms with van der Waals surface area (Å²) in [4.78, 5) is 2.42. The van der Waals surface area contributed by atoms with Gasteiger partial charge in [0.25, 0.3) is 0 Å². The van der Waals surface area contributed by atoms with Crippen molar-refractivity contribution in [1.82, 2.24) is 0 Å². The Balaban J connectivity index is 1.25. The fourth-order valence-corrected chi connectivity index (χ4v) is 7.49. The molecule has 1 heterocycles. The van der Waals surface area contributed by atoms with Gasteiger partial charge in [0.05, 0.1) is 5.69 Å². The monoisotopic (exact) mass is 611 g/mol. The second kappa shape index (κ2) is 10.6. The van der Waals surface area contributed by atoms with Gasteiger partial charge in [-0.05, 0) is 103 Å². The van der Waals surface area contributed by atoms with E-state index in [2.05, 4.69) is 169 Å². The number of furan rings is 1. The van der Waals surface area contributed by atoms with Gasteiger partial charge in [-0.25, -0.2) is 0 Å². The van der Waals surface area contributed by atoms with E-state index in [1.807, 2.05) is 12.1 Å². The van der Waals surface area contributed by atoms with Crippen molar-refractivity contribution in [3.63, 3.8) is 0 Å². The highest BCUT2D eigenvalue weighted by molar-refractivity contribution is 6.18. The standard InChI is InChI=1S/C46H29NO/c1-3-11-30(12-4-1)32-22-24-37-34(25-32)26-44(39-16-8-7-15-38(37)39)47(35-13-5-2-6-14-35)36-23-21-31-19-20-33-27-46-43(29-42(33)41(31)28-36)40-17-9-10-18-45(40)48-46/h1-29H. The summed E-state index contributed by atoms with van der Waals surface area (Å²) in [6.45, 7) is 0. The fraction of sp³-hybridized carbons (Fsp3) is 0. The Morgan fingerprint density at radius 3 is 1.85 bits per heavy atom. The summed E-state index contributed by atoms with van der Waals surface area (Å²) in [6.07, 6.45) is 0. The zero-order chi connectivity index (χ0) is 31.6. The van der Waals surface area contributed by atoms with E-state index < -0.39 is 0 Å². The largest absolute Gasteiger partial charge is 0.456 e. The van der Waals surface area contributed by atoms with E-state index in [1.54, 1.807) is 0 Å². The van der Waals surface area contributed by atoms with Gasteiger partial charge in [-0.15, -0.1) is 0 Å². The first-order valence-electron chi connectivity index (χ1n) is 16.4. The highest BCUT2D eigenvalue weighted by atomic mass is 16.3. The molecule has 0 aliphatic carbocycles. The summed E-state index contributed by atoms with van der Waals surface area (Å²) in [5.41, 5.74) is 7.65. The summed E-state index contributed by atoms with van der Waals surface area (Å²) in [5, 5.41) is 12.0. The lowest BCUT2D eigenvalue weighted by Crippen LogP contribution is -2.10. The zero-order valence-electron chi connectivity index (χ0n) is 26.1. The normalized spacial score (nSPS) is 11.8. The molecular weight excluding hydrogens is 583 g/mol. The van der Waals surface area contributed by atoms with Crippen LogP contribution in [0.5, 0.6) is 0 Å². The molecule has 1 aromatic heterocycles. The molecule has 10 aromatic rings. The van der Waals surface area contributed by atoms with Crippen LogP contribution < -0.4 is 4.90 Å². The molecular formula is C46H29NO. The molecule has 0 spiro atoms. The molecule has 0 aliphatic rings. The Morgan fingerprint density at radius 1 is 0.312 bits per heavy atom. The van der Waals surface area contributed by atoms with Crippen molar-refractivity contribution in [2.75, 3.05) is 4.90 Å². The summed E-state index contributed by atoms with van der Waals surface area (Å²) >= 11 is 0. The number of hydrogen-bond acceptors (Lipinski definition) is 2. The molecule has 0 N–H and O–H groups in total. The average Bonchev–Trinajstić information content (AvgIpc) is 3.52. The Bertz CT molecular complexity index is 2830. The van der Waals surface area contributed by atoms with Gasteiger partial charge >= 0.3 is 0 Å². The van der Waals surface area contributed by atoms with Gasteiger partial charge in [-0.2, -0.15) is 0 Å². The van der Waals surface area contributed by atoms with Crippen LogP contribution in [0.3, 0.4) is 0 Å². The van der Waals surface area contributed by atoms with Gasteiger partial charge in [0, 0.05) is 27.5 Å². The molecule has 9 aromatic carbocycles. The van der Waals surface area contributed by atoms with Gasteiger partial charge in [-0.3, -0.25) is 0 Å². The third kappa shape index (κ3) is 4.20. The van der Waals surface area contributed by atoms with Gasteiger partial charge < -0.3 is 9.32 Å². The average molecular weight is 612 g/mol. The summed E-state index contributed by atoms with van der Waals surface area (Å²) in [5.74, 6) is 0. The molecule has 2 heteroatoms. The summed E-state index contributed by atoms with van der Waals surface area (Å²) < 4.78 is 6.25. The van der Waals surface area contributed by atoms with Gasteiger partial charge in [0.2, 0.25) is 0 Å². The minimum atomic E-state index is 0.918. The van der Waals surface area contributed by atoms with Gasteiger partial charge in [-0.1, -0.05) is 121 Å². The number of nitrogens with zero attached hydrogens (tertiary/aromatic N) is 1. The number of rotatable bonds is 4. The molecule has 2 nitrogen and oxygen atoms in total. The molecule has 0 radical (unpaired) electrons. The van der Waals surface area contributed by atoms with E-state index in [9.17, 15) is 0 Å². The van der Waals surface area contributed by atoms with E-state index >= 15 is 0 Å². The number of anilines is 3. The quantitative estimate of drug-likeness (QED) is 0.184. The first-order valence-corrected chi connectivity index (χ1v) is 16.4. The molecule has 10 rings (SSSR count). The SMILES string of the molecule is c1ccc(-c2ccc3c(c2)cc(N(c2ccccc2)c2ccc4ccc5cc6oc7ccccc7c6cc5c4c2)c2ccccc23)cc1. The predicted octanol–water partition coefficient (Wildman–Crippen LogP) is 13.3. The Kier molecular flexibility index (Phi) is 5.91. The lowest BCUT2D eigenvalue weighted by atomic mass is 9.95. The summed E-state index contributed by atoms with van der Waals surface area (Å²) in [7, 11) is 0. The van der Waals surface area contributed by atoms with E-state index in [0.717, 1.165) is 39.0 Å². The summed E-state index contributed by atoms with van der Waals surface area (Å²) in [6, 6.07) is 63.5. The van der Waals surface area contributed by atoms with Crippen LogP contribution in [0.4, 0.5) is 17.1 Å². The maximum absolute atomic E-state index is 6.25. The van der Waals surface area contributed by atoms with Crippen molar-refractivity contribution in [2.24, 2.45) is 0 Å². The van der Waals surface area contributed by atoms with Crippen LogP contribution in [0.1, 0.15) is 0 Å². The maximum atomic E-state index is 6.25. The smallest absolute Gasteiger partial charge is 0.136 e. The molecule has 0 fully saturated rings. The highest BCUT2D eigenvalue weighted by Gasteiger charge is 2.19. The topological polar surface area (TPSA) is 16.4 Å². The Labute approximate surface area is 277 Å². The van der Waals surface area contributed by atoms with E-state index in [4.69, 9.17) is 4.42 Å². The lowest BCUT2D eigenvalue weighted by molar-refractivity contribution is 0.669. The van der Waals surface area contributed by atoms with E-state index in [-0.39, 0.29) is 0 Å². The molecule has 0 aliphatic heterocycles. The minimum Gasteiger partial charge on any atom is -0.456 e. The first-order chi connectivity index (χ1) is 23.8. The fourth-order valence-electron chi connectivity index (χ4n) is 7.49. The first kappa shape index (κ1) is 26.8. The van der Waals surface area contributed by atoms with Gasteiger partial charge in [0.15, 0.2) is 0 Å². The number of hydrogen-bond donors (Lipinski definition) is 0. The molecule has 0 saturated heterocycles. The van der Waals surface area contributed by atoms with Gasteiger partial charge in [0.1, 0.15) is 11.2 Å². The molecule has 0 atom stereocenters. The molecule has 0 amide bonds. The van der Waals surface area contributed by atoms with Crippen molar-refractivity contribution in [2.45, 2.75) is 0 Å². The van der Waals surface area contributed by atoms with Crippen LogP contribution in [-0.4, -0.2) is 0 Å². The van der Waals surface area contributed by atoms with Crippen LogP contribution in [-0.2, 0) is 0 Å². The maximum Gasteiger partial charge on any atom is 0.136 e. The third-order valence-corrected chi connectivity index (χ3v) is 9.78. The number of fused-ring (bicyclic) bond motifs is 9. The third-order valence-electron chi connectivity index (χ3n) is 9.78. The van der Waals surface area contributed by atoms with Crippen LogP contribution in [0.2, 0.25) is 0 Å². The second-order valence-corrected chi connectivity index (χ2v) is 12.6. The number of benzene rings is 9. The molecule has 0 saturated carbocycles. The van der Waals surface area contributed by atoms with Crippen molar-refractivity contribution in [3.8, 4) is 11.1 Å². The van der Waals surface area contributed by atoms with Crippen LogP contribution in [0, 0.1) is 0 Å². The molecule has 224 valence electrons. The minimum absolute atomic E-state index is 0.918. The zero-order valence-corrected chi connectivity index (χ0v) is 26.1. The van der Waals surface area contributed by atoms with Crippen molar-refractivity contribution in [3.05, 3.63) is 176 Å². The van der Waals surface area contributed by atoms with Crippen LogP contribution in [0.15, 0.2) is 180 Å². The predicted molar refractivity (Wildman–Crippen MR) is 204 cm³/mol. The van der Waals surface area contributed by atoms with Crippen LogP contribution in [0.25, 0.3) is 76.2 Å². The lowest BCUT2D eigenvalue weighted by Gasteiger charge is -2.28. The Hall–Kier alpha value is -6.38. The highest BCUT2D eigenvalue weighted by Crippen LogP contribution is 2.44. The second-order valence-electron chi connectivity index (χ2n) is 12.6. The molecule has 48 heavy (non-hydrogen) atoms. The molecule has 0 unspecified atom stereocenters.